The summed E-state index contributed by atoms with van der Waals surface area (Å²) in [6.45, 7) is 13.8. The lowest BCUT2D eigenvalue weighted by Gasteiger charge is -2.43. The molecule has 2 aromatic carbocycles. The summed E-state index contributed by atoms with van der Waals surface area (Å²) in [6.07, 6.45) is 12.1. The fourth-order valence-electron chi connectivity index (χ4n) is 7.45. The van der Waals surface area contributed by atoms with Crippen LogP contribution in [0.25, 0.3) is 0 Å². The molecule has 5 nitrogen and oxygen atoms in total. The number of ether oxygens (including phenoxy) is 1. The number of piperazine rings is 1. The van der Waals surface area contributed by atoms with Gasteiger partial charge in [0.15, 0.2) is 0 Å². The summed E-state index contributed by atoms with van der Waals surface area (Å²) in [5.41, 5.74) is 3.75. The molecule has 0 unspecified atom stereocenters. The van der Waals surface area contributed by atoms with E-state index in [0.29, 0.717) is 6.42 Å². The quantitative estimate of drug-likeness (QED) is 0.346. The number of carbonyl (C=O) groups excluding carboxylic acids is 1. The van der Waals surface area contributed by atoms with E-state index in [4.69, 9.17) is 4.74 Å². The van der Waals surface area contributed by atoms with Crippen molar-refractivity contribution in [2.45, 2.75) is 103 Å². The van der Waals surface area contributed by atoms with E-state index in [2.05, 4.69) is 52.0 Å². The topological polar surface area (TPSA) is 36.0 Å². The Balaban J connectivity index is 1.27. The third-order valence-corrected chi connectivity index (χ3v) is 9.87. The van der Waals surface area contributed by atoms with Crippen LogP contribution in [0, 0.1) is 6.92 Å². The zero-order valence-corrected chi connectivity index (χ0v) is 26.0. The van der Waals surface area contributed by atoms with Crippen molar-refractivity contribution in [1.29, 1.82) is 0 Å². The van der Waals surface area contributed by atoms with Crippen LogP contribution in [0.1, 0.15) is 88.3 Å². The van der Waals surface area contributed by atoms with E-state index in [1.807, 2.05) is 32.0 Å². The Bertz CT molecular complexity index is 1100. The number of amides is 1. The van der Waals surface area contributed by atoms with Gasteiger partial charge in [-0.05, 0) is 82.7 Å². The van der Waals surface area contributed by atoms with E-state index in [1.54, 1.807) is 0 Å². The monoisotopic (exact) mass is 559 g/mol. The van der Waals surface area contributed by atoms with Crippen LogP contribution in [0.5, 0.6) is 5.75 Å². The van der Waals surface area contributed by atoms with Gasteiger partial charge < -0.3 is 14.5 Å². The lowest BCUT2D eigenvalue weighted by atomic mass is 9.73. The van der Waals surface area contributed by atoms with Gasteiger partial charge in [-0.3, -0.25) is 9.69 Å². The minimum atomic E-state index is 0.00294. The lowest BCUT2D eigenvalue weighted by molar-refractivity contribution is -0.131. The van der Waals surface area contributed by atoms with E-state index in [9.17, 15) is 4.79 Å². The van der Waals surface area contributed by atoms with Crippen LogP contribution in [0.15, 0.2) is 48.5 Å². The van der Waals surface area contributed by atoms with Crippen molar-refractivity contribution in [3.8, 4) is 5.75 Å². The summed E-state index contributed by atoms with van der Waals surface area (Å²) in [5, 5.41) is 0. The largest absolute Gasteiger partial charge is 0.491 e. The molecule has 3 fully saturated rings. The highest BCUT2D eigenvalue weighted by Gasteiger charge is 2.38. The molecule has 2 heterocycles. The van der Waals surface area contributed by atoms with E-state index < -0.39 is 0 Å². The van der Waals surface area contributed by atoms with Gasteiger partial charge in [0, 0.05) is 50.7 Å². The molecule has 41 heavy (non-hydrogen) atoms. The molecule has 0 spiro atoms. The summed E-state index contributed by atoms with van der Waals surface area (Å²) >= 11 is 0. The zero-order chi connectivity index (χ0) is 28.7. The van der Waals surface area contributed by atoms with Gasteiger partial charge >= 0.3 is 0 Å². The Hall–Kier alpha value is -2.37. The molecular formula is C36H53N3O2. The average molecular weight is 560 g/mol. The van der Waals surface area contributed by atoms with Gasteiger partial charge in [-0.25, -0.2) is 0 Å². The molecule has 0 aromatic heterocycles. The SMILES string of the molecule is Cc1ccc([C@@]2(CCN3CCN(C4CCCCC4)CC3)CCCCN(C(=O)Cc3cccc(OC(C)C)c3)C2)cc1. The van der Waals surface area contributed by atoms with Crippen molar-refractivity contribution in [3.05, 3.63) is 65.2 Å². The molecule has 0 bridgehead atoms. The Morgan fingerprint density at radius 1 is 0.927 bits per heavy atom. The standard InChI is InChI=1S/C36H53N3O2/c1-29(2)41-34-13-9-10-31(26-34)27-35(40)39-20-8-7-18-36(28-39,32-16-14-30(3)15-17-32)19-21-37-22-24-38(25-23-37)33-11-5-4-6-12-33/h9-10,13-17,26,29,33H,4-8,11-12,18-25,27-28H2,1-3H3/t36-/m1/s1. The van der Waals surface area contributed by atoms with Crippen LogP contribution >= 0.6 is 0 Å². The average Bonchev–Trinajstić information content (AvgIpc) is 3.21. The maximum Gasteiger partial charge on any atom is 0.227 e. The van der Waals surface area contributed by atoms with Crippen molar-refractivity contribution >= 4 is 5.91 Å². The second-order valence-electron chi connectivity index (χ2n) is 13.3. The van der Waals surface area contributed by atoms with E-state index in [1.165, 1.54) is 75.8 Å². The van der Waals surface area contributed by atoms with Gasteiger partial charge in [0.25, 0.3) is 0 Å². The molecule has 1 atom stereocenters. The number of benzene rings is 2. The Morgan fingerprint density at radius 2 is 1.68 bits per heavy atom. The molecule has 0 radical (unpaired) electrons. The summed E-state index contributed by atoms with van der Waals surface area (Å²) in [7, 11) is 0. The number of hydrogen-bond acceptors (Lipinski definition) is 4. The van der Waals surface area contributed by atoms with Crippen LogP contribution in [0.2, 0.25) is 0 Å². The second-order valence-corrected chi connectivity index (χ2v) is 13.3. The van der Waals surface area contributed by atoms with Gasteiger partial charge in [-0.2, -0.15) is 0 Å². The van der Waals surface area contributed by atoms with Crippen LogP contribution in [-0.4, -0.2) is 78.6 Å². The Labute approximate surface area is 249 Å². The molecule has 1 saturated carbocycles. The lowest BCUT2D eigenvalue weighted by Crippen LogP contribution is -2.52. The fraction of sp³-hybridized carbons (Fsp3) is 0.639. The molecule has 5 rings (SSSR count). The van der Waals surface area contributed by atoms with E-state index >= 15 is 0 Å². The van der Waals surface area contributed by atoms with Crippen LogP contribution in [0.4, 0.5) is 0 Å². The molecule has 1 amide bonds. The number of carbonyl (C=O) groups is 1. The van der Waals surface area contributed by atoms with Gasteiger partial charge in [0.05, 0.1) is 12.5 Å². The fourth-order valence-corrected chi connectivity index (χ4v) is 7.45. The molecule has 2 aromatic rings. The Kier molecular flexibility index (Phi) is 10.4. The van der Waals surface area contributed by atoms with Gasteiger partial charge in [0.2, 0.25) is 5.91 Å². The third kappa shape index (κ3) is 8.14. The Morgan fingerprint density at radius 3 is 2.41 bits per heavy atom. The van der Waals surface area contributed by atoms with E-state index in [0.717, 1.165) is 56.3 Å². The normalized spacial score (nSPS) is 23.5. The van der Waals surface area contributed by atoms with Crippen LogP contribution in [0.3, 0.4) is 0 Å². The second kappa shape index (κ2) is 14.2. The first-order valence-electron chi connectivity index (χ1n) is 16.5. The molecule has 3 aliphatic rings. The smallest absolute Gasteiger partial charge is 0.227 e. The van der Waals surface area contributed by atoms with E-state index in [-0.39, 0.29) is 17.4 Å². The molecule has 1 aliphatic carbocycles. The predicted molar refractivity (Wildman–Crippen MR) is 169 cm³/mol. The molecule has 2 aliphatic heterocycles. The summed E-state index contributed by atoms with van der Waals surface area (Å²) in [5.74, 6) is 1.09. The molecule has 2 saturated heterocycles. The van der Waals surface area contributed by atoms with Crippen molar-refractivity contribution in [1.82, 2.24) is 14.7 Å². The number of aryl methyl sites for hydroxylation is 1. The van der Waals surface area contributed by atoms with Crippen molar-refractivity contribution < 1.29 is 9.53 Å². The van der Waals surface area contributed by atoms with Crippen molar-refractivity contribution in [2.75, 3.05) is 45.8 Å². The van der Waals surface area contributed by atoms with Crippen molar-refractivity contribution in [3.63, 3.8) is 0 Å². The number of likely N-dealkylation sites (tertiary alicyclic amines) is 1. The third-order valence-electron chi connectivity index (χ3n) is 9.87. The number of hydrogen-bond donors (Lipinski definition) is 0. The highest BCUT2D eigenvalue weighted by atomic mass is 16.5. The van der Waals surface area contributed by atoms with Crippen molar-refractivity contribution in [2.24, 2.45) is 0 Å². The molecule has 224 valence electrons. The van der Waals surface area contributed by atoms with Crippen LogP contribution < -0.4 is 4.74 Å². The molecule has 5 heteroatoms. The highest BCUT2D eigenvalue weighted by molar-refractivity contribution is 5.79. The minimum Gasteiger partial charge on any atom is -0.491 e. The first-order valence-corrected chi connectivity index (χ1v) is 16.5. The highest BCUT2D eigenvalue weighted by Crippen LogP contribution is 2.38. The van der Waals surface area contributed by atoms with Gasteiger partial charge in [-0.1, -0.05) is 67.6 Å². The molecular weight excluding hydrogens is 506 g/mol. The summed E-state index contributed by atoms with van der Waals surface area (Å²) in [4.78, 5) is 21.5. The number of nitrogens with zero attached hydrogens (tertiary/aromatic N) is 3. The number of rotatable bonds is 9. The predicted octanol–water partition coefficient (Wildman–Crippen LogP) is 6.62. The van der Waals surface area contributed by atoms with Gasteiger partial charge in [0.1, 0.15) is 5.75 Å². The first-order chi connectivity index (χ1) is 19.9. The minimum absolute atomic E-state index is 0.00294. The maximum atomic E-state index is 13.8. The molecule has 0 N–H and O–H groups in total. The maximum absolute atomic E-state index is 13.8. The van der Waals surface area contributed by atoms with Crippen LogP contribution in [-0.2, 0) is 16.6 Å². The summed E-state index contributed by atoms with van der Waals surface area (Å²) in [6, 6.07) is 18.1. The summed E-state index contributed by atoms with van der Waals surface area (Å²) < 4.78 is 5.90. The van der Waals surface area contributed by atoms with Gasteiger partial charge in [-0.15, -0.1) is 0 Å². The zero-order valence-electron chi connectivity index (χ0n) is 26.0. The first kappa shape index (κ1) is 30.1.